The van der Waals surface area contributed by atoms with E-state index < -0.39 is 0 Å². The van der Waals surface area contributed by atoms with Gasteiger partial charge in [0.05, 0.1) is 12.0 Å². The number of anilines is 1. The summed E-state index contributed by atoms with van der Waals surface area (Å²) >= 11 is 0. The van der Waals surface area contributed by atoms with Crippen LogP contribution in [0.25, 0.3) is 10.9 Å². The van der Waals surface area contributed by atoms with Crippen LogP contribution in [0.4, 0.5) is 5.69 Å². The van der Waals surface area contributed by atoms with Crippen LogP contribution < -0.4 is 14.8 Å². The van der Waals surface area contributed by atoms with Crippen LogP contribution in [0, 0.1) is 0 Å². The van der Waals surface area contributed by atoms with Crippen LogP contribution in [0.15, 0.2) is 48.7 Å². The molecule has 154 valence electrons. The number of carbonyl (C=O) groups is 2. The van der Waals surface area contributed by atoms with Gasteiger partial charge in [-0.15, -0.1) is 0 Å². The third-order valence-electron chi connectivity index (χ3n) is 6.03. The molecule has 1 aromatic heterocycles. The quantitative estimate of drug-likeness (QED) is 0.651. The van der Waals surface area contributed by atoms with E-state index in [1.54, 1.807) is 18.2 Å². The molecule has 2 aromatic carbocycles. The third-order valence-corrected chi connectivity index (χ3v) is 6.03. The second kappa shape index (κ2) is 7.52. The molecule has 0 saturated heterocycles. The largest absolute Gasteiger partial charge is 0.486 e. The molecule has 1 amide bonds. The first-order chi connectivity index (χ1) is 14.6. The van der Waals surface area contributed by atoms with Crippen molar-refractivity contribution in [2.45, 2.75) is 44.1 Å². The van der Waals surface area contributed by atoms with Crippen LogP contribution in [-0.4, -0.2) is 28.9 Å². The van der Waals surface area contributed by atoms with Gasteiger partial charge in [0, 0.05) is 28.9 Å². The van der Waals surface area contributed by atoms with E-state index in [-0.39, 0.29) is 23.9 Å². The normalized spacial score (nSPS) is 17.4. The lowest BCUT2D eigenvalue weighted by molar-refractivity contribution is -0.118. The van der Waals surface area contributed by atoms with Crippen LogP contribution in [0.2, 0.25) is 0 Å². The predicted octanol–water partition coefficient (Wildman–Crippen LogP) is 4.85. The van der Waals surface area contributed by atoms with Crippen molar-refractivity contribution < 1.29 is 19.1 Å². The molecule has 1 aliphatic heterocycles. The molecule has 0 bridgehead atoms. The van der Waals surface area contributed by atoms with Gasteiger partial charge in [-0.05, 0) is 62.1 Å². The molecular weight excluding hydrogens is 380 g/mol. The second-order valence-corrected chi connectivity index (χ2v) is 8.22. The molecule has 3 aromatic rings. The highest BCUT2D eigenvalue weighted by atomic mass is 16.5. The van der Waals surface area contributed by atoms with Gasteiger partial charge in [-0.1, -0.05) is 6.42 Å². The summed E-state index contributed by atoms with van der Waals surface area (Å²) in [5.41, 5.74) is 1.97. The maximum atomic E-state index is 12.6. The summed E-state index contributed by atoms with van der Waals surface area (Å²) in [4.78, 5) is 28.1. The zero-order chi connectivity index (χ0) is 20.6. The molecule has 2 heterocycles. The number of amides is 1. The first-order valence-corrected chi connectivity index (χ1v) is 10.5. The number of rotatable bonds is 4. The standard InChI is InChI=1S/C24H24N2O4/c27-21-14-24(9-2-1-3-10-24)30-22-13-18(5-6-19(21)22)29-15-23(28)26-17-4-7-20-16(12-17)8-11-25-20/h4-8,11-13,25H,1-3,9-10,14-15H2,(H,26,28). The minimum absolute atomic E-state index is 0.122. The van der Waals surface area contributed by atoms with E-state index in [1.807, 2.05) is 30.5 Å². The van der Waals surface area contributed by atoms with E-state index in [2.05, 4.69) is 10.3 Å². The van der Waals surface area contributed by atoms with Gasteiger partial charge >= 0.3 is 0 Å². The van der Waals surface area contributed by atoms with Crippen molar-refractivity contribution in [1.29, 1.82) is 0 Å². The monoisotopic (exact) mass is 404 g/mol. The molecule has 6 nitrogen and oxygen atoms in total. The number of benzene rings is 2. The van der Waals surface area contributed by atoms with Crippen molar-refractivity contribution >= 4 is 28.3 Å². The fourth-order valence-electron chi connectivity index (χ4n) is 4.52. The lowest BCUT2D eigenvalue weighted by Gasteiger charge is -2.40. The van der Waals surface area contributed by atoms with Crippen LogP contribution >= 0.6 is 0 Å². The first kappa shape index (κ1) is 18.7. The predicted molar refractivity (Wildman–Crippen MR) is 114 cm³/mol. The zero-order valence-corrected chi connectivity index (χ0v) is 16.7. The Morgan fingerprint density at radius 1 is 1.10 bits per heavy atom. The molecule has 1 fully saturated rings. The molecule has 0 radical (unpaired) electrons. The van der Waals surface area contributed by atoms with Crippen LogP contribution in [-0.2, 0) is 4.79 Å². The van der Waals surface area contributed by atoms with Crippen molar-refractivity contribution in [3.8, 4) is 11.5 Å². The number of hydrogen-bond donors (Lipinski definition) is 2. The van der Waals surface area contributed by atoms with Gasteiger partial charge in [-0.25, -0.2) is 0 Å². The summed E-state index contributed by atoms with van der Waals surface area (Å²) in [6.07, 6.45) is 7.52. The van der Waals surface area contributed by atoms with Crippen LogP contribution in [0.1, 0.15) is 48.9 Å². The molecule has 2 N–H and O–H groups in total. The van der Waals surface area contributed by atoms with Gasteiger partial charge in [0.2, 0.25) is 0 Å². The van der Waals surface area contributed by atoms with Gasteiger partial charge in [0.25, 0.3) is 5.91 Å². The molecule has 0 unspecified atom stereocenters. The molecule has 6 heteroatoms. The summed E-state index contributed by atoms with van der Waals surface area (Å²) in [5, 5.41) is 3.88. The average molecular weight is 404 g/mol. The highest BCUT2D eigenvalue weighted by molar-refractivity contribution is 6.00. The van der Waals surface area contributed by atoms with Gasteiger partial charge in [-0.3, -0.25) is 9.59 Å². The summed E-state index contributed by atoms with van der Waals surface area (Å²) < 4.78 is 12.0. The van der Waals surface area contributed by atoms with Gasteiger partial charge in [-0.2, -0.15) is 0 Å². The Morgan fingerprint density at radius 2 is 1.97 bits per heavy atom. The van der Waals surface area contributed by atoms with Gasteiger partial charge in [0.15, 0.2) is 12.4 Å². The Hall–Kier alpha value is -3.28. The summed E-state index contributed by atoms with van der Waals surface area (Å²) in [6, 6.07) is 12.8. The minimum Gasteiger partial charge on any atom is -0.486 e. The maximum absolute atomic E-state index is 12.6. The molecule has 1 saturated carbocycles. The third kappa shape index (κ3) is 3.65. The van der Waals surface area contributed by atoms with E-state index in [1.165, 1.54) is 6.42 Å². The van der Waals surface area contributed by atoms with Crippen molar-refractivity contribution in [2.75, 3.05) is 11.9 Å². The number of H-pyrrole nitrogens is 1. The second-order valence-electron chi connectivity index (χ2n) is 8.22. The summed E-state index contributed by atoms with van der Waals surface area (Å²) in [7, 11) is 0. The van der Waals surface area contributed by atoms with E-state index in [0.29, 0.717) is 29.2 Å². The van der Waals surface area contributed by atoms with E-state index >= 15 is 0 Å². The lowest BCUT2D eigenvalue weighted by Crippen LogP contribution is -2.43. The van der Waals surface area contributed by atoms with Crippen molar-refractivity contribution in [2.24, 2.45) is 0 Å². The number of aromatic amines is 1. The lowest BCUT2D eigenvalue weighted by atomic mass is 9.78. The molecule has 30 heavy (non-hydrogen) atoms. The fraction of sp³-hybridized carbons (Fsp3) is 0.333. The number of aromatic nitrogens is 1. The molecule has 0 atom stereocenters. The number of ketones is 1. The Balaban J connectivity index is 1.25. The topological polar surface area (TPSA) is 80.4 Å². The number of hydrogen-bond acceptors (Lipinski definition) is 4. The summed E-state index contributed by atoms with van der Waals surface area (Å²) in [5.74, 6) is 0.973. The highest BCUT2D eigenvalue weighted by Gasteiger charge is 2.41. The van der Waals surface area contributed by atoms with Gasteiger partial charge < -0.3 is 19.8 Å². The number of ether oxygens (including phenoxy) is 2. The number of Topliss-reactive ketones (excluding diaryl/α,β-unsaturated/α-hetero) is 1. The zero-order valence-electron chi connectivity index (χ0n) is 16.7. The van der Waals surface area contributed by atoms with Crippen molar-refractivity contribution in [3.63, 3.8) is 0 Å². The Kier molecular flexibility index (Phi) is 4.69. The maximum Gasteiger partial charge on any atom is 0.262 e. The van der Waals surface area contributed by atoms with Crippen LogP contribution in [0.5, 0.6) is 11.5 Å². The van der Waals surface area contributed by atoms with Crippen molar-refractivity contribution in [1.82, 2.24) is 4.98 Å². The van der Waals surface area contributed by atoms with Crippen LogP contribution in [0.3, 0.4) is 0 Å². The Bertz CT molecular complexity index is 1110. The minimum atomic E-state index is -0.366. The first-order valence-electron chi connectivity index (χ1n) is 10.5. The van der Waals surface area contributed by atoms with Gasteiger partial charge in [0.1, 0.15) is 17.1 Å². The molecule has 2 aliphatic rings. The Labute approximate surface area is 174 Å². The molecule has 5 rings (SSSR count). The number of fused-ring (bicyclic) bond motifs is 2. The van der Waals surface area contributed by atoms with E-state index in [4.69, 9.17) is 9.47 Å². The highest BCUT2D eigenvalue weighted by Crippen LogP contribution is 2.42. The Morgan fingerprint density at radius 3 is 2.83 bits per heavy atom. The van der Waals surface area contributed by atoms with E-state index in [0.717, 1.165) is 36.6 Å². The van der Waals surface area contributed by atoms with E-state index in [9.17, 15) is 9.59 Å². The number of carbonyl (C=O) groups excluding carboxylic acids is 2. The SMILES string of the molecule is O=C(COc1ccc2c(c1)OC1(CCCCC1)CC2=O)Nc1ccc2[nH]ccc2c1. The smallest absolute Gasteiger partial charge is 0.262 e. The summed E-state index contributed by atoms with van der Waals surface area (Å²) in [6.45, 7) is -0.122. The number of nitrogens with one attached hydrogen (secondary N) is 2. The molecule has 1 spiro atoms. The molecular formula is C24H24N2O4. The molecule has 1 aliphatic carbocycles. The average Bonchev–Trinajstić information content (AvgIpc) is 3.20. The fourth-order valence-corrected chi connectivity index (χ4v) is 4.52. The van der Waals surface area contributed by atoms with Crippen molar-refractivity contribution in [3.05, 3.63) is 54.2 Å².